The first-order valence-corrected chi connectivity index (χ1v) is 9.52. The van der Waals surface area contributed by atoms with Crippen molar-refractivity contribution in [3.8, 4) is 0 Å². The maximum Gasteiger partial charge on any atom is -0.0170 e. The van der Waals surface area contributed by atoms with Crippen LogP contribution in [0.5, 0.6) is 0 Å². The molecule has 0 aliphatic heterocycles. The molecule has 0 nitrogen and oxygen atoms in total. The molecule has 18 heavy (non-hydrogen) atoms. The van der Waals surface area contributed by atoms with Gasteiger partial charge in [0, 0.05) is 0 Å². The summed E-state index contributed by atoms with van der Waals surface area (Å²) in [5.41, 5.74) is 2.47. The van der Waals surface area contributed by atoms with Crippen LogP contribution in [-0.2, 0) is 0 Å². The lowest BCUT2D eigenvalue weighted by atomic mass is 10.1. The van der Waals surface area contributed by atoms with E-state index in [1.165, 1.54) is 30.8 Å². The van der Waals surface area contributed by atoms with Crippen LogP contribution in [0.2, 0.25) is 0 Å². The summed E-state index contributed by atoms with van der Waals surface area (Å²) in [5, 5.41) is 0. The van der Waals surface area contributed by atoms with Crippen LogP contribution in [0.15, 0.2) is 60.7 Å². The quantitative estimate of drug-likeness (QED) is 0.410. The Hall–Kier alpha value is -0.420. The monoisotopic (exact) mass is 310 g/mol. The van der Waals surface area contributed by atoms with Gasteiger partial charge in [-0.3, -0.25) is 0 Å². The van der Waals surface area contributed by atoms with Crippen molar-refractivity contribution in [2.75, 3.05) is 0 Å². The average Bonchev–Trinajstić information content (AvgIpc) is 2.47. The summed E-state index contributed by atoms with van der Waals surface area (Å²) >= 11 is 7.45. The van der Waals surface area contributed by atoms with Crippen molar-refractivity contribution in [3.63, 3.8) is 0 Å². The lowest BCUT2D eigenvalue weighted by molar-refractivity contribution is 1.65. The summed E-state index contributed by atoms with van der Waals surface area (Å²) in [5.74, 6) is 0. The molecule has 0 atom stereocenters. The zero-order valence-corrected chi connectivity index (χ0v) is 13.1. The van der Waals surface area contributed by atoms with E-state index in [1.807, 2.05) is 36.4 Å². The summed E-state index contributed by atoms with van der Waals surface area (Å²) in [6, 6.07) is 20.6. The number of thiol groups is 2. The van der Waals surface area contributed by atoms with E-state index in [2.05, 4.69) is 59.7 Å². The maximum atomic E-state index is 3.72. The Bertz CT molecular complexity index is 396. The summed E-state index contributed by atoms with van der Waals surface area (Å²) in [4.78, 5) is 0. The highest BCUT2D eigenvalue weighted by Gasteiger charge is 1.84. The van der Waals surface area contributed by atoms with Crippen molar-refractivity contribution >= 4 is 55.1 Å². The van der Waals surface area contributed by atoms with Crippen LogP contribution < -0.4 is 0 Å². The molecule has 0 aromatic heterocycles. The Kier molecular flexibility index (Phi) is 9.12. The first-order chi connectivity index (χ1) is 8.86. The molecule has 4 heteroatoms. The molecule has 0 aliphatic carbocycles. The standard InChI is InChI=1S/C14H12.H2S4/c1-3-7-13(8-4-1)11-12-14-9-5-2-6-10-14;1-3-4-2/h1-12H;1-2H. The fraction of sp³-hybridized carbons (Fsp3) is 0. The van der Waals surface area contributed by atoms with E-state index in [0.29, 0.717) is 0 Å². The highest BCUT2D eigenvalue weighted by Crippen LogP contribution is 2.27. The van der Waals surface area contributed by atoms with E-state index in [1.54, 1.807) is 0 Å². The smallest absolute Gasteiger partial charge is 0.0170 e. The third-order valence-corrected chi connectivity index (χ3v) is 4.77. The van der Waals surface area contributed by atoms with Gasteiger partial charge in [0.2, 0.25) is 0 Å². The van der Waals surface area contributed by atoms with E-state index >= 15 is 0 Å². The second kappa shape index (κ2) is 10.5. The van der Waals surface area contributed by atoms with E-state index in [4.69, 9.17) is 0 Å². The number of hydrogen-bond acceptors (Lipinski definition) is 4. The normalized spacial score (nSPS) is 9.89. The van der Waals surface area contributed by atoms with Gasteiger partial charge in [-0.25, -0.2) is 0 Å². The number of rotatable bonds is 3. The fourth-order valence-electron chi connectivity index (χ4n) is 1.32. The van der Waals surface area contributed by atoms with Crippen LogP contribution in [0.25, 0.3) is 12.2 Å². The van der Waals surface area contributed by atoms with Crippen molar-refractivity contribution in [1.29, 1.82) is 0 Å². The van der Waals surface area contributed by atoms with Crippen LogP contribution in [-0.4, -0.2) is 0 Å². The minimum absolute atomic E-state index is 1.23. The van der Waals surface area contributed by atoms with E-state index in [-0.39, 0.29) is 0 Å². The Morgan fingerprint density at radius 3 is 1.22 bits per heavy atom. The van der Waals surface area contributed by atoms with Gasteiger partial charge in [-0.1, -0.05) is 96.1 Å². The Balaban J connectivity index is 0.000000357. The van der Waals surface area contributed by atoms with E-state index < -0.39 is 0 Å². The first kappa shape index (κ1) is 15.6. The van der Waals surface area contributed by atoms with Crippen LogP contribution in [0.1, 0.15) is 11.1 Å². The molecule has 2 aromatic carbocycles. The Morgan fingerprint density at radius 1 is 0.611 bits per heavy atom. The Labute approximate surface area is 126 Å². The average molecular weight is 311 g/mol. The summed E-state index contributed by atoms with van der Waals surface area (Å²) in [7, 11) is 2.66. The SMILES string of the molecule is C(=Cc1ccccc1)c1ccccc1.SSSS. The second-order valence-electron chi connectivity index (χ2n) is 3.30. The van der Waals surface area contributed by atoms with Gasteiger partial charge in [-0.05, 0) is 30.8 Å². The molecule has 0 unspecified atom stereocenters. The molecule has 0 aliphatic rings. The second-order valence-corrected chi connectivity index (χ2v) is 7.18. The summed E-state index contributed by atoms with van der Waals surface area (Å²) < 4.78 is 0. The Morgan fingerprint density at radius 2 is 0.944 bits per heavy atom. The molecule has 0 fully saturated rings. The van der Waals surface area contributed by atoms with Crippen molar-refractivity contribution in [1.82, 2.24) is 0 Å². The predicted octanol–water partition coefficient (Wildman–Crippen LogP) is 5.91. The molecule has 0 saturated heterocycles. The van der Waals surface area contributed by atoms with Gasteiger partial charge in [0.05, 0.1) is 0 Å². The molecule has 0 amide bonds. The zero-order valence-electron chi connectivity index (χ0n) is 9.64. The van der Waals surface area contributed by atoms with Crippen molar-refractivity contribution < 1.29 is 0 Å². The predicted molar refractivity (Wildman–Crippen MR) is 95.0 cm³/mol. The van der Waals surface area contributed by atoms with Crippen molar-refractivity contribution in [2.45, 2.75) is 0 Å². The van der Waals surface area contributed by atoms with Crippen LogP contribution in [0.4, 0.5) is 0 Å². The van der Waals surface area contributed by atoms with Crippen LogP contribution >= 0.6 is 43.0 Å². The molecule has 0 heterocycles. The molecule has 0 spiro atoms. The minimum Gasteiger partial charge on any atom is -0.0989 e. The van der Waals surface area contributed by atoms with Crippen molar-refractivity contribution in [2.24, 2.45) is 0 Å². The fourth-order valence-corrected chi connectivity index (χ4v) is 1.32. The molecule has 94 valence electrons. The van der Waals surface area contributed by atoms with Gasteiger partial charge >= 0.3 is 0 Å². The zero-order chi connectivity index (χ0) is 13.1. The molecule has 2 aromatic rings. The molecule has 2 rings (SSSR count). The highest BCUT2D eigenvalue weighted by atomic mass is 33.7. The molecular weight excluding hydrogens is 296 g/mol. The number of benzene rings is 2. The van der Waals surface area contributed by atoms with Crippen LogP contribution in [0, 0.1) is 0 Å². The molecule has 0 radical (unpaired) electrons. The van der Waals surface area contributed by atoms with Gasteiger partial charge in [0.15, 0.2) is 0 Å². The van der Waals surface area contributed by atoms with Gasteiger partial charge in [0.25, 0.3) is 0 Å². The molecular formula is C14H14S4. The van der Waals surface area contributed by atoms with Gasteiger partial charge in [-0.15, -0.1) is 0 Å². The first-order valence-electron chi connectivity index (χ1n) is 5.26. The van der Waals surface area contributed by atoms with Gasteiger partial charge < -0.3 is 0 Å². The molecule has 0 N–H and O–H groups in total. The van der Waals surface area contributed by atoms with E-state index in [9.17, 15) is 0 Å². The maximum absolute atomic E-state index is 3.72. The van der Waals surface area contributed by atoms with E-state index in [0.717, 1.165) is 0 Å². The summed E-state index contributed by atoms with van der Waals surface area (Å²) in [6.07, 6.45) is 4.24. The summed E-state index contributed by atoms with van der Waals surface area (Å²) in [6.45, 7) is 0. The van der Waals surface area contributed by atoms with Gasteiger partial charge in [-0.2, -0.15) is 0 Å². The minimum atomic E-state index is 1.23. The van der Waals surface area contributed by atoms with Crippen molar-refractivity contribution in [3.05, 3.63) is 71.8 Å². The molecule has 0 bridgehead atoms. The topological polar surface area (TPSA) is 0 Å². The third kappa shape index (κ3) is 7.11. The largest absolute Gasteiger partial charge is 0.0989 e. The highest BCUT2D eigenvalue weighted by molar-refractivity contribution is 9.21. The van der Waals surface area contributed by atoms with Gasteiger partial charge in [0.1, 0.15) is 0 Å². The van der Waals surface area contributed by atoms with Crippen LogP contribution in [0.3, 0.4) is 0 Å². The third-order valence-electron chi connectivity index (χ3n) is 2.10. The lowest BCUT2D eigenvalue weighted by Gasteiger charge is -1.92. The number of hydrogen-bond donors (Lipinski definition) is 2. The lowest BCUT2D eigenvalue weighted by Crippen LogP contribution is -1.70. The molecule has 0 saturated carbocycles.